The summed E-state index contributed by atoms with van der Waals surface area (Å²) in [4.78, 5) is 14.0. The monoisotopic (exact) mass is 337 g/mol. The summed E-state index contributed by atoms with van der Waals surface area (Å²) < 4.78 is 0. The molecule has 0 bridgehead atoms. The summed E-state index contributed by atoms with van der Waals surface area (Å²) in [6.07, 6.45) is 6.21. The van der Waals surface area contributed by atoms with Gasteiger partial charge < -0.3 is 9.80 Å². The molecule has 0 radical (unpaired) electrons. The van der Waals surface area contributed by atoms with E-state index in [1.54, 1.807) is 22.6 Å². The van der Waals surface area contributed by atoms with Crippen LogP contribution in [0.5, 0.6) is 0 Å². The Hall–Kier alpha value is -2.24. The van der Waals surface area contributed by atoms with Crippen molar-refractivity contribution < 1.29 is 4.90 Å². The third-order valence-electron chi connectivity index (χ3n) is 4.53. The van der Waals surface area contributed by atoms with Crippen LogP contribution in [0.4, 0.5) is 5.82 Å². The first-order valence-corrected chi connectivity index (χ1v) is 9.26. The van der Waals surface area contributed by atoms with Crippen molar-refractivity contribution >= 4 is 33.4 Å². The van der Waals surface area contributed by atoms with E-state index >= 15 is 0 Å². The molecule has 0 saturated carbocycles. The van der Waals surface area contributed by atoms with E-state index in [1.807, 2.05) is 0 Å². The van der Waals surface area contributed by atoms with Crippen LogP contribution in [0, 0.1) is 0 Å². The third kappa shape index (κ3) is 3.32. The number of anilines is 1. The van der Waals surface area contributed by atoms with E-state index in [0.29, 0.717) is 0 Å². The second-order valence-corrected chi connectivity index (χ2v) is 6.99. The van der Waals surface area contributed by atoms with Crippen molar-refractivity contribution in [3.63, 3.8) is 0 Å². The van der Waals surface area contributed by atoms with Gasteiger partial charge in [0.25, 0.3) is 0 Å². The van der Waals surface area contributed by atoms with E-state index in [0.717, 1.165) is 43.4 Å². The summed E-state index contributed by atoms with van der Waals surface area (Å²) in [6, 6.07) is 12.6. The number of thiophene rings is 1. The molecule has 3 heterocycles. The van der Waals surface area contributed by atoms with E-state index in [4.69, 9.17) is 0 Å². The van der Waals surface area contributed by atoms with Crippen LogP contribution in [-0.4, -0.2) is 42.7 Å². The summed E-state index contributed by atoms with van der Waals surface area (Å²) >= 11 is 1.68. The highest BCUT2D eigenvalue weighted by atomic mass is 32.1. The molecule has 0 amide bonds. The van der Waals surface area contributed by atoms with Gasteiger partial charge in [-0.15, -0.1) is 11.3 Å². The molecule has 1 aliphatic rings. The third-order valence-corrected chi connectivity index (χ3v) is 5.35. The Bertz CT molecular complexity index is 820. The molecule has 3 aromatic rings. The molecule has 1 fully saturated rings. The van der Waals surface area contributed by atoms with Gasteiger partial charge in [0.15, 0.2) is 0 Å². The molecular formula is C19H21N4S+. The number of benzene rings is 1. The summed E-state index contributed by atoms with van der Waals surface area (Å²) in [5, 5.41) is 3.29. The number of quaternary nitrogens is 1. The zero-order valence-corrected chi connectivity index (χ0v) is 14.4. The quantitative estimate of drug-likeness (QED) is 0.792. The molecule has 1 N–H and O–H groups in total. The number of piperazine rings is 1. The van der Waals surface area contributed by atoms with Crippen LogP contribution in [0.3, 0.4) is 0 Å². The van der Waals surface area contributed by atoms with Crippen molar-refractivity contribution in [1.82, 2.24) is 9.97 Å². The largest absolute Gasteiger partial charge is 0.345 e. The topological polar surface area (TPSA) is 33.5 Å². The highest BCUT2D eigenvalue weighted by molar-refractivity contribution is 7.16. The zero-order chi connectivity index (χ0) is 16.2. The summed E-state index contributed by atoms with van der Waals surface area (Å²) in [6.45, 7) is 5.48. The van der Waals surface area contributed by atoms with Gasteiger partial charge in [-0.25, -0.2) is 9.97 Å². The zero-order valence-electron chi connectivity index (χ0n) is 13.6. The Balaban J connectivity index is 1.35. The molecule has 24 heavy (non-hydrogen) atoms. The van der Waals surface area contributed by atoms with Gasteiger partial charge in [0.05, 0.1) is 38.1 Å². The fourth-order valence-corrected chi connectivity index (χ4v) is 3.92. The van der Waals surface area contributed by atoms with Gasteiger partial charge in [-0.1, -0.05) is 36.4 Å². The minimum atomic E-state index is 1.05. The number of rotatable bonds is 4. The predicted octanol–water partition coefficient (Wildman–Crippen LogP) is 2.11. The Morgan fingerprint density at radius 2 is 1.92 bits per heavy atom. The van der Waals surface area contributed by atoms with E-state index in [1.165, 1.54) is 10.9 Å². The van der Waals surface area contributed by atoms with Crippen molar-refractivity contribution in [2.45, 2.75) is 0 Å². The molecule has 0 unspecified atom stereocenters. The molecule has 0 spiro atoms. The van der Waals surface area contributed by atoms with E-state index in [-0.39, 0.29) is 0 Å². The lowest BCUT2D eigenvalue weighted by Crippen LogP contribution is -3.14. The fraction of sp³-hybridized carbons (Fsp3) is 0.263. The minimum absolute atomic E-state index is 1.05. The first kappa shape index (κ1) is 15.3. The maximum atomic E-state index is 4.53. The molecule has 5 heteroatoms. The minimum Gasteiger partial charge on any atom is -0.345 e. The van der Waals surface area contributed by atoms with Crippen molar-refractivity contribution in [1.29, 1.82) is 0 Å². The van der Waals surface area contributed by atoms with Crippen molar-refractivity contribution in [2.75, 3.05) is 37.6 Å². The van der Waals surface area contributed by atoms with Crippen LogP contribution >= 0.6 is 11.3 Å². The van der Waals surface area contributed by atoms with Crippen molar-refractivity contribution in [3.05, 3.63) is 59.7 Å². The molecule has 0 aliphatic carbocycles. The average Bonchev–Trinajstić information content (AvgIpc) is 3.12. The molecule has 2 aromatic heterocycles. The first-order valence-electron chi connectivity index (χ1n) is 8.38. The molecule has 1 aliphatic heterocycles. The second-order valence-electron chi connectivity index (χ2n) is 6.09. The Kier molecular flexibility index (Phi) is 4.53. The number of nitrogens with zero attached hydrogens (tertiary/aromatic N) is 3. The van der Waals surface area contributed by atoms with Crippen LogP contribution in [0.1, 0.15) is 5.56 Å². The van der Waals surface area contributed by atoms with Crippen LogP contribution in [0.15, 0.2) is 54.2 Å². The molecule has 1 aromatic carbocycles. The van der Waals surface area contributed by atoms with Crippen LogP contribution in [0.2, 0.25) is 0 Å². The Morgan fingerprint density at radius 3 is 2.75 bits per heavy atom. The molecule has 4 nitrogen and oxygen atoms in total. The maximum absolute atomic E-state index is 4.53. The first-order chi connectivity index (χ1) is 11.9. The maximum Gasteiger partial charge on any atom is 0.141 e. The lowest BCUT2D eigenvalue weighted by molar-refractivity contribution is -0.894. The molecule has 1 saturated heterocycles. The van der Waals surface area contributed by atoms with Gasteiger partial charge in [-0.3, -0.25) is 0 Å². The number of aromatic nitrogens is 2. The number of nitrogens with one attached hydrogen (secondary N) is 1. The summed E-state index contributed by atoms with van der Waals surface area (Å²) in [5.41, 5.74) is 1.27. The Morgan fingerprint density at radius 1 is 1.08 bits per heavy atom. The van der Waals surface area contributed by atoms with E-state index < -0.39 is 0 Å². The van der Waals surface area contributed by atoms with Crippen molar-refractivity contribution in [3.8, 4) is 0 Å². The molecule has 4 rings (SSSR count). The second kappa shape index (κ2) is 7.11. The van der Waals surface area contributed by atoms with E-state index in [2.05, 4.69) is 68.8 Å². The molecule has 0 atom stereocenters. The van der Waals surface area contributed by atoms with Crippen molar-refractivity contribution in [2.24, 2.45) is 0 Å². The lowest BCUT2D eigenvalue weighted by Gasteiger charge is -2.32. The highest BCUT2D eigenvalue weighted by Gasteiger charge is 2.21. The average molecular weight is 337 g/mol. The van der Waals surface area contributed by atoms with Crippen LogP contribution in [0.25, 0.3) is 16.3 Å². The standard InChI is InChI=1S/C19H20N4S/c1-2-5-16(6-3-1)7-4-9-22-10-12-23(13-11-22)18-17-8-14-24-19(17)21-15-20-18/h1-8,14-15H,9-13H2/p+1/b7-4+. The SMILES string of the molecule is C(=C\c1ccccc1)/C[NH+]1CCN(c2ncnc3sccc23)CC1. The van der Waals surface area contributed by atoms with Crippen LogP contribution < -0.4 is 9.80 Å². The number of fused-ring (bicyclic) bond motifs is 1. The van der Waals surface area contributed by atoms with E-state index in [9.17, 15) is 0 Å². The van der Waals surface area contributed by atoms with Gasteiger partial charge in [0.2, 0.25) is 0 Å². The Labute approximate surface area is 146 Å². The summed E-state index contributed by atoms with van der Waals surface area (Å²) in [7, 11) is 0. The number of hydrogen-bond donors (Lipinski definition) is 1. The molecule has 122 valence electrons. The van der Waals surface area contributed by atoms with Gasteiger partial charge in [-0.05, 0) is 23.1 Å². The predicted molar refractivity (Wildman–Crippen MR) is 101 cm³/mol. The van der Waals surface area contributed by atoms with Gasteiger partial charge in [-0.2, -0.15) is 0 Å². The number of hydrogen-bond acceptors (Lipinski definition) is 4. The van der Waals surface area contributed by atoms with Gasteiger partial charge >= 0.3 is 0 Å². The highest BCUT2D eigenvalue weighted by Crippen LogP contribution is 2.26. The fourth-order valence-electron chi connectivity index (χ4n) is 3.19. The smallest absolute Gasteiger partial charge is 0.141 e. The molecular weight excluding hydrogens is 316 g/mol. The normalized spacial score (nSPS) is 16.2. The summed E-state index contributed by atoms with van der Waals surface area (Å²) in [5.74, 6) is 1.10. The van der Waals surface area contributed by atoms with Crippen LogP contribution in [-0.2, 0) is 0 Å². The van der Waals surface area contributed by atoms with Gasteiger partial charge in [0.1, 0.15) is 17.0 Å². The van der Waals surface area contributed by atoms with Gasteiger partial charge in [0, 0.05) is 0 Å². The lowest BCUT2D eigenvalue weighted by atomic mass is 10.2.